The third-order valence-electron chi connectivity index (χ3n) is 3.63. The number of pyridine rings is 1. The Morgan fingerprint density at radius 3 is 3.00 bits per heavy atom. The molecule has 1 aromatic heterocycles. The van der Waals surface area contributed by atoms with E-state index in [0.29, 0.717) is 11.4 Å². The smallest absolute Gasteiger partial charge is 0.270 e. The second-order valence-electron chi connectivity index (χ2n) is 5.16. The molecule has 0 spiro atoms. The molecule has 1 amide bonds. The average molecular weight is 246 g/mol. The van der Waals surface area contributed by atoms with Gasteiger partial charge >= 0.3 is 0 Å². The number of nitrogens with one attached hydrogen (secondary N) is 1. The van der Waals surface area contributed by atoms with Crippen molar-refractivity contribution in [2.45, 2.75) is 31.3 Å². The van der Waals surface area contributed by atoms with Gasteiger partial charge in [-0.25, -0.2) is 0 Å². The maximum Gasteiger partial charge on any atom is 0.270 e. The predicted octanol–water partition coefficient (Wildman–Crippen LogP) is 0.630. The van der Waals surface area contributed by atoms with Crippen molar-refractivity contribution in [3.05, 3.63) is 24.0 Å². The van der Waals surface area contributed by atoms with Crippen LogP contribution in [0.4, 0.5) is 5.69 Å². The Balaban J connectivity index is 1.58. The van der Waals surface area contributed by atoms with Crippen molar-refractivity contribution < 1.29 is 4.79 Å². The van der Waals surface area contributed by atoms with E-state index in [0.717, 1.165) is 25.6 Å². The molecule has 2 fully saturated rings. The highest BCUT2D eigenvalue weighted by Gasteiger charge is 2.34. The average Bonchev–Trinajstić information content (AvgIpc) is 3.11. The van der Waals surface area contributed by atoms with Gasteiger partial charge in [-0.05, 0) is 31.4 Å². The zero-order valence-corrected chi connectivity index (χ0v) is 10.3. The van der Waals surface area contributed by atoms with E-state index in [1.54, 1.807) is 18.3 Å². The molecule has 1 aromatic rings. The molecule has 0 radical (unpaired) electrons. The second-order valence-corrected chi connectivity index (χ2v) is 5.16. The Morgan fingerprint density at radius 1 is 1.44 bits per heavy atom. The minimum absolute atomic E-state index is 0.120. The number of nitrogens with two attached hydrogens (primary N) is 1. The third-order valence-corrected chi connectivity index (χ3v) is 3.63. The van der Waals surface area contributed by atoms with Crippen molar-refractivity contribution in [1.82, 2.24) is 15.2 Å². The standard InChI is InChI=1S/C13H18N4O/c14-9-3-5-15-12(7-9)13(18)16-10-4-6-17(8-10)11-1-2-11/h3,5,7,10-11H,1-2,4,6,8H2,(H2,14,15)(H,16,18). The lowest BCUT2D eigenvalue weighted by Gasteiger charge is -2.15. The van der Waals surface area contributed by atoms with Crippen LogP contribution in [0.3, 0.4) is 0 Å². The van der Waals surface area contributed by atoms with Crippen LogP contribution in [-0.2, 0) is 0 Å². The highest BCUT2D eigenvalue weighted by atomic mass is 16.1. The number of hydrogen-bond donors (Lipinski definition) is 2. The Labute approximate surface area is 106 Å². The summed E-state index contributed by atoms with van der Waals surface area (Å²) in [5.74, 6) is -0.120. The summed E-state index contributed by atoms with van der Waals surface area (Å²) in [5, 5.41) is 3.04. The number of likely N-dealkylation sites (tertiary alicyclic amines) is 1. The molecule has 18 heavy (non-hydrogen) atoms. The Kier molecular flexibility index (Phi) is 2.91. The SMILES string of the molecule is Nc1ccnc(C(=O)NC2CCN(C3CC3)C2)c1. The molecule has 3 N–H and O–H groups in total. The van der Waals surface area contributed by atoms with Crippen LogP contribution >= 0.6 is 0 Å². The fourth-order valence-electron chi connectivity index (χ4n) is 2.51. The maximum absolute atomic E-state index is 12.0. The van der Waals surface area contributed by atoms with Crippen LogP contribution in [0.5, 0.6) is 0 Å². The number of carbonyl (C=O) groups is 1. The van der Waals surface area contributed by atoms with Crippen molar-refractivity contribution in [3.63, 3.8) is 0 Å². The summed E-state index contributed by atoms with van der Waals surface area (Å²) >= 11 is 0. The van der Waals surface area contributed by atoms with Crippen LogP contribution in [0.15, 0.2) is 18.3 Å². The molecular weight excluding hydrogens is 228 g/mol. The van der Waals surface area contributed by atoms with Crippen molar-refractivity contribution in [1.29, 1.82) is 0 Å². The lowest BCUT2D eigenvalue weighted by atomic mass is 10.2. The summed E-state index contributed by atoms with van der Waals surface area (Å²) in [6, 6.07) is 4.32. The lowest BCUT2D eigenvalue weighted by molar-refractivity contribution is 0.0932. The van der Waals surface area contributed by atoms with Crippen molar-refractivity contribution >= 4 is 11.6 Å². The Bertz CT molecular complexity index is 458. The summed E-state index contributed by atoms with van der Waals surface area (Å²) in [5.41, 5.74) is 6.62. The van der Waals surface area contributed by atoms with E-state index in [9.17, 15) is 4.79 Å². The van der Waals surface area contributed by atoms with Gasteiger partial charge in [-0.1, -0.05) is 0 Å². The van der Waals surface area contributed by atoms with Gasteiger partial charge in [0, 0.05) is 37.1 Å². The molecule has 0 aromatic carbocycles. The first-order chi connectivity index (χ1) is 8.72. The quantitative estimate of drug-likeness (QED) is 0.820. The van der Waals surface area contributed by atoms with Crippen LogP contribution in [0.25, 0.3) is 0 Å². The van der Waals surface area contributed by atoms with Crippen LogP contribution in [0.1, 0.15) is 29.8 Å². The largest absolute Gasteiger partial charge is 0.399 e. The molecule has 96 valence electrons. The molecule has 1 aliphatic carbocycles. The second kappa shape index (κ2) is 4.57. The number of rotatable bonds is 3. The summed E-state index contributed by atoms with van der Waals surface area (Å²) in [7, 11) is 0. The molecule has 1 atom stereocenters. The van der Waals surface area contributed by atoms with Gasteiger partial charge in [-0.2, -0.15) is 0 Å². The van der Waals surface area contributed by atoms with Crippen molar-refractivity contribution in [2.24, 2.45) is 0 Å². The van der Waals surface area contributed by atoms with Gasteiger partial charge in [0.1, 0.15) is 5.69 Å². The Morgan fingerprint density at radius 2 is 2.28 bits per heavy atom. The van der Waals surface area contributed by atoms with Crippen LogP contribution in [0.2, 0.25) is 0 Å². The first-order valence-electron chi connectivity index (χ1n) is 6.49. The molecule has 0 bridgehead atoms. The van der Waals surface area contributed by atoms with Crippen LogP contribution < -0.4 is 11.1 Å². The van der Waals surface area contributed by atoms with Crippen LogP contribution in [-0.4, -0.2) is 41.0 Å². The fourth-order valence-corrected chi connectivity index (χ4v) is 2.51. The number of carbonyl (C=O) groups excluding carboxylic acids is 1. The molecule has 5 heteroatoms. The number of nitrogens with zero attached hydrogens (tertiary/aromatic N) is 2. The van der Waals surface area contributed by atoms with Crippen molar-refractivity contribution in [3.8, 4) is 0 Å². The first kappa shape index (κ1) is 11.5. The summed E-state index contributed by atoms with van der Waals surface area (Å²) in [6.07, 6.45) is 5.23. The van der Waals surface area contributed by atoms with Gasteiger partial charge < -0.3 is 11.1 Å². The zero-order valence-electron chi connectivity index (χ0n) is 10.3. The molecule has 1 saturated carbocycles. The minimum atomic E-state index is -0.120. The highest BCUT2D eigenvalue weighted by Crippen LogP contribution is 2.29. The number of hydrogen-bond acceptors (Lipinski definition) is 4. The molecular formula is C13H18N4O. The molecule has 1 aliphatic heterocycles. The van der Waals surface area contributed by atoms with E-state index < -0.39 is 0 Å². The number of anilines is 1. The zero-order chi connectivity index (χ0) is 12.5. The van der Waals surface area contributed by atoms with E-state index >= 15 is 0 Å². The van der Waals surface area contributed by atoms with Gasteiger partial charge in [0.15, 0.2) is 0 Å². The summed E-state index contributed by atoms with van der Waals surface area (Å²) in [4.78, 5) is 18.5. The topological polar surface area (TPSA) is 71.2 Å². The number of aromatic nitrogens is 1. The van der Waals surface area contributed by atoms with E-state index in [-0.39, 0.29) is 11.9 Å². The molecule has 2 heterocycles. The van der Waals surface area contributed by atoms with Crippen LogP contribution in [0, 0.1) is 0 Å². The highest BCUT2D eigenvalue weighted by molar-refractivity contribution is 5.93. The number of amides is 1. The normalized spacial score (nSPS) is 24.1. The third kappa shape index (κ3) is 2.46. The minimum Gasteiger partial charge on any atom is -0.399 e. The first-order valence-corrected chi connectivity index (χ1v) is 6.49. The predicted molar refractivity (Wildman–Crippen MR) is 69.1 cm³/mol. The molecule has 3 rings (SSSR count). The van der Waals surface area contributed by atoms with Gasteiger partial charge in [-0.3, -0.25) is 14.7 Å². The van der Waals surface area contributed by atoms with E-state index in [1.807, 2.05) is 0 Å². The molecule has 1 unspecified atom stereocenters. The fraction of sp³-hybridized carbons (Fsp3) is 0.538. The van der Waals surface area contributed by atoms with E-state index in [4.69, 9.17) is 5.73 Å². The molecule has 2 aliphatic rings. The number of nitrogen functional groups attached to an aromatic ring is 1. The van der Waals surface area contributed by atoms with Gasteiger partial charge in [0.25, 0.3) is 5.91 Å². The van der Waals surface area contributed by atoms with Crippen molar-refractivity contribution in [2.75, 3.05) is 18.8 Å². The van der Waals surface area contributed by atoms with E-state index in [1.165, 1.54) is 12.8 Å². The van der Waals surface area contributed by atoms with Gasteiger partial charge in [0.2, 0.25) is 0 Å². The van der Waals surface area contributed by atoms with E-state index in [2.05, 4.69) is 15.2 Å². The Hall–Kier alpha value is -1.62. The van der Waals surface area contributed by atoms with Gasteiger partial charge in [-0.15, -0.1) is 0 Å². The summed E-state index contributed by atoms with van der Waals surface area (Å²) in [6.45, 7) is 2.07. The summed E-state index contributed by atoms with van der Waals surface area (Å²) < 4.78 is 0. The molecule has 5 nitrogen and oxygen atoms in total. The maximum atomic E-state index is 12.0. The molecule has 1 saturated heterocycles. The van der Waals surface area contributed by atoms with Gasteiger partial charge in [0.05, 0.1) is 0 Å². The monoisotopic (exact) mass is 246 g/mol. The lowest BCUT2D eigenvalue weighted by Crippen LogP contribution is -2.37.